The van der Waals surface area contributed by atoms with Gasteiger partial charge in [0.2, 0.25) is 0 Å². The number of carbonyl (C=O) groups excluding carboxylic acids is 1. The summed E-state index contributed by atoms with van der Waals surface area (Å²) < 4.78 is 32.6. The van der Waals surface area contributed by atoms with E-state index in [0.717, 1.165) is 47.9 Å². The average molecular weight is 450 g/mol. The van der Waals surface area contributed by atoms with Gasteiger partial charge in [-0.3, -0.25) is 4.79 Å². The van der Waals surface area contributed by atoms with Gasteiger partial charge in [-0.2, -0.15) is 0 Å². The van der Waals surface area contributed by atoms with E-state index in [1.807, 2.05) is 12.1 Å². The van der Waals surface area contributed by atoms with E-state index in [4.69, 9.17) is 4.74 Å². The van der Waals surface area contributed by atoms with Crippen molar-refractivity contribution in [1.82, 2.24) is 5.32 Å². The van der Waals surface area contributed by atoms with Crippen LogP contribution in [-0.4, -0.2) is 19.1 Å². The van der Waals surface area contributed by atoms with Gasteiger partial charge in [0, 0.05) is 12.5 Å². The van der Waals surface area contributed by atoms with Crippen LogP contribution in [0.25, 0.3) is 11.1 Å². The topological polar surface area (TPSA) is 38.3 Å². The molecule has 172 valence electrons. The molecule has 1 aliphatic carbocycles. The van der Waals surface area contributed by atoms with Gasteiger partial charge >= 0.3 is 0 Å². The first kappa shape index (κ1) is 23.0. The Hall–Kier alpha value is -3.21. The maximum Gasteiger partial charge on any atom is 0.255 e. The summed E-state index contributed by atoms with van der Waals surface area (Å²) in [6.07, 6.45) is 7.08. The summed E-state index contributed by atoms with van der Waals surface area (Å²) in [5, 5.41) is 3.21. The quantitative estimate of drug-likeness (QED) is 0.426. The van der Waals surface area contributed by atoms with Crippen molar-refractivity contribution in [1.29, 1.82) is 0 Å². The Morgan fingerprint density at radius 3 is 2.09 bits per heavy atom. The lowest BCUT2D eigenvalue weighted by Crippen LogP contribution is -2.34. The molecule has 1 aliphatic rings. The number of ether oxygens (including phenoxy) is 1. The summed E-state index contributed by atoms with van der Waals surface area (Å²) in [5.74, 6) is -0.265. The Morgan fingerprint density at radius 2 is 1.48 bits per heavy atom. The number of methoxy groups -OCH3 is 1. The van der Waals surface area contributed by atoms with Gasteiger partial charge < -0.3 is 10.1 Å². The van der Waals surface area contributed by atoms with Crippen molar-refractivity contribution < 1.29 is 18.3 Å². The summed E-state index contributed by atoms with van der Waals surface area (Å²) in [5.41, 5.74) is 3.79. The highest BCUT2D eigenvalue weighted by molar-refractivity contribution is 5.99. The van der Waals surface area contributed by atoms with Crippen LogP contribution < -0.4 is 10.1 Å². The number of halogens is 2. The van der Waals surface area contributed by atoms with Crippen LogP contribution in [0.5, 0.6) is 5.75 Å². The first-order valence-electron chi connectivity index (χ1n) is 11.6. The molecule has 3 aromatic rings. The predicted octanol–water partition coefficient (Wildman–Crippen LogP) is 6.68. The highest BCUT2D eigenvalue weighted by atomic mass is 19.1. The largest absolute Gasteiger partial charge is 0.496 e. The standard InChI is InChI=1S/C28H29F2NO2/c1-33-27-22(16-19-8-12-23(29)13-9-19)17-21(20-10-14-24(30)15-11-20)18-26(27)28(32)31-25-6-4-2-3-5-7-25/h8-15,17-18,25H,2-7,16H2,1H3,(H,31,32). The molecular weight excluding hydrogens is 420 g/mol. The van der Waals surface area contributed by atoms with Gasteiger partial charge in [0.05, 0.1) is 12.7 Å². The Kier molecular flexibility index (Phi) is 7.38. The molecule has 0 aliphatic heterocycles. The Bertz CT molecular complexity index is 1090. The molecule has 1 saturated carbocycles. The monoisotopic (exact) mass is 449 g/mol. The first-order chi connectivity index (χ1) is 16.0. The van der Waals surface area contributed by atoms with E-state index in [1.54, 1.807) is 31.4 Å². The fourth-order valence-corrected chi connectivity index (χ4v) is 4.55. The molecular formula is C28H29F2NO2. The molecule has 5 heteroatoms. The van der Waals surface area contributed by atoms with Gasteiger partial charge in [-0.15, -0.1) is 0 Å². The van der Waals surface area contributed by atoms with Gasteiger partial charge in [0.25, 0.3) is 5.91 Å². The Labute approximate surface area is 193 Å². The fraction of sp³-hybridized carbons (Fsp3) is 0.321. The van der Waals surface area contributed by atoms with Crippen LogP contribution in [0.4, 0.5) is 8.78 Å². The van der Waals surface area contributed by atoms with E-state index in [-0.39, 0.29) is 23.6 Å². The van der Waals surface area contributed by atoms with E-state index >= 15 is 0 Å². The first-order valence-corrected chi connectivity index (χ1v) is 11.6. The number of amides is 1. The molecule has 0 unspecified atom stereocenters. The Balaban J connectivity index is 1.73. The molecule has 1 fully saturated rings. The smallest absolute Gasteiger partial charge is 0.255 e. The number of rotatable bonds is 6. The summed E-state index contributed by atoms with van der Waals surface area (Å²) in [6.45, 7) is 0. The highest BCUT2D eigenvalue weighted by Gasteiger charge is 2.22. The molecule has 0 atom stereocenters. The number of carbonyl (C=O) groups is 1. The van der Waals surface area contributed by atoms with Gasteiger partial charge in [0.1, 0.15) is 17.4 Å². The van der Waals surface area contributed by atoms with Crippen molar-refractivity contribution in [2.45, 2.75) is 51.0 Å². The zero-order chi connectivity index (χ0) is 23.2. The van der Waals surface area contributed by atoms with Crippen LogP contribution in [0, 0.1) is 11.6 Å². The molecule has 0 heterocycles. The third-order valence-corrected chi connectivity index (χ3v) is 6.29. The average Bonchev–Trinajstić information content (AvgIpc) is 3.09. The Morgan fingerprint density at radius 1 is 0.879 bits per heavy atom. The van der Waals surface area contributed by atoms with Crippen molar-refractivity contribution >= 4 is 5.91 Å². The van der Waals surface area contributed by atoms with Crippen LogP contribution >= 0.6 is 0 Å². The maximum atomic E-state index is 13.5. The van der Waals surface area contributed by atoms with Crippen LogP contribution in [0.3, 0.4) is 0 Å². The predicted molar refractivity (Wildman–Crippen MR) is 127 cm³/mol. The van der Waals surface area contributed by atoms with E-state index in [2.05, 4.69) is 5.32 Å². The second-order valence-electron chi connectivity index (χ2n) is 8.69. The zero-order valence-corrected chi connectivity index (χ0v) is 18.9. The summed E-state index contributed by atoms with van der Waals surface area (Å²) >= 11 is 0. The third kappa shape index (κ3) is 5.78. The van der Waals surface area contributed by atoms with Crippen LogP contribution in [0.1, 0.15) is 60.0 Å². The molecule has 1 amide bonds. The molecule has 33 heavy (non-hydrogen) atoms. The second-order valence-corrected chi connectivity index (χ2v) is 8.69. The maximum absolute atomic E-state index is 13.5. The highest BCUT2D eigenvalue weighted by Crippen LogP contribution is 2.33. The number of benzene rings is 3. The molecule has 3 aromatic carbocycles. The third-order valence-electron chi connectivity index (χ3n) is 6.29. The summed E-state index contributed by atoms with van der Waals surface area (Å²) in [6, 6.07) is 16.4. The van der Waals surface area contributed by atoms with Crippen LogP contribution in [0.2, 0.25) is 0 Å². The second kappa shape index (κ2) is 10.6. The summed E-state index contributed by atoms with van der Waals surface area (Å²) in [7, 11) is 1.56. The minimum atomic E-state index is -0.315. The lowest BCUT2D eigenvalue weighted by molar-refractivity contribution is 0.0930. The number of nitrogens with one attached hydrogen (secondary N) is 1. The van der Waals surface area contributed by atoms with Gasteiger partial charge in [-0.25, -0.2) is 8.78 Å². The van der Waals surface area contributed by atoms with E-state index in [0.29, 0.717) is 17.7 Å². The minimum Gasteiger partial charge on any atom is -0.496 e. The van der Waals surface area contributed by atoms with Gasteiger partial charge in [0.15, 0.2) is 0 Å². The van der Waals surface area contributed by atoms with Crippen LogP contribution in [-0.2, 0) is 6.42 Å². The zero-order valence-electron chi connectivity index (χ0n) is 18.9. The number of hydrogen-bond donors (Lipinski definition) is 1. The molecule has 0 spiro atoms. The molecule has 4 rings (SSSR count). The molecule has 0 aromatic heterocycles. The minimum absolute atomic E-state index is 0.153. The lowest BCUT2D eigenvalue weighted by Gasteiger charge is -2.20. The molecule has 0 bridgehead atoms. The van der Waals surface area contributed by atoms with E-state index < -0.39 is 0 Å². The molecule has 0 saturated heterocycles. The van der Waals surface area contributed by atoms with Crippen LogP contribution in [0.15, 0.2) is 60.7 Å². The van der Waals surface area contributed by atoms with E-state index in [1.165, 1.54) is 37.1 Å². The summed E-state index contributed by atoms with van der Waals surface area (Å²) in [4.78, 5) is 13.4. The lowest BCUT2D eigenvalue weighted by atomic mass is 9.94. The SMILES string of the molecule is COc1c(Cc2ccc(F)cc2)cc(-c2ccc(F)cc2)cc1C(=O)NC1CCCCCC1. The fourth-order valence-electron chi connectivity index (χ4n) is 4.55. The van der Waals surface area contributed by atoms with Crippen molar-refractivity contribution in [2.75, 3.05) is 7.11 Å². The molecule has 0 radical (unpaired) electrons. The van der Waals surface area contributed by atoms with Crippen molar-refractivity contribution in [2.24, 2.45) is 0 Å². The van der Waals surface area contributed by atoms with E-state index in [9.17, 15) is 13.6 Å². The number of hydrogen-bond acceptors (Lipinski definition) is 2. The van der Waals surface area contributed by atoms with Crippen molar-refractivity contribution in [3.63, 3.8) is 0 Å². The normalized spacial score (nSPS) is 14.5. The van der Waals surface area contributed by atoms with Crippen molar-refractivity contribution in [3.05, 3.63) is 89.0 Å². The van der Waals surface area contributed by atoms with Gasteiger partial charge in [-0.1, -0.05) is 49.9 Å². The van der Waals surface area contributed by atoms with Gasteiger partial charge in [-0.05, 0) is 71.5 Å². The molecule has 3 nitrogen and oxygen atoms in total. The van der Waals surface area contributed by atoms with Crippen molar-refractivity contribution in [3.8, 4) is 16.9 Å². The molecule has 1 N–H and O–H groups in total.